The summed E-state index contributed by atoms with van der Waals surface area (Å²) < 4.78 is 0. The molecule has 1 aliphatic rings. The van der Waals surface area contributed by atoms with E-state index < -0.39 is 0 Å². The Labute approximate surface area is 94.1 Å². The van der Waals surface area contributed by atoms with Crippen LogP contribution in [0.25, 0.3) is 0 Å². The summed E-state index contributed by atoms with van der Waals surface area (Å²) in [6.07, 6.45) is 7.79. The molecule has 2 N–H and O–H groups in total. The highest BCUT2D eigenvalue weighted by molar-refractivity contribution is 5.49. The molecule has 0 aromatic carbocycles. The fourth-order valence-electron chi connectivity index (χ4n) is 2.49. The van der Waals surface area contributed by atoms with Gasteiger partial charge in [-0.3, -0.25) is 9.59 Å². The predicted octanol–water partition coefficient (Wildman–Crippen LogP) is 1.28. The van der Waals surface area contributed by atoms with Gasteiger partial charge in [-0.25, -0.2) is 0 Å². The molecule has 16 heavy (non-hydrogen) atoms. The fourth-order valence-corrected chi connectivity index (χ4v) is 2.49. The van der Waals surface area contributed by atoms with E-state index in [-0.39, 0.29) is 11.1 Å². The summed E-state index contributed by atoms with van der Waals surface area (Å²) in [5.74, 6) is 0. The van der Waals surface area contributed by atoms with Crippen LogP contribution in [0.3, 0.4) is 0 Å². The van der Waals surface area contributed by atoms with Gasteiger partial charge in [0.25, 0.3) is 0 Å². The molecule has 4 heteroatoms. The van der Waals surface area contributed by atoms with Gasteiger partial charge in [-0.1, -0.05) is 19.3 Å². The monoisotopic (exact) mass is 220 g/mol. The zero-order chi connectivity index (χ0) is 11.4. The smallest absolute Gasteiger partial charge is 0.247 e. The van der Waals surface area contributed by atoms with Crippen LogP contribution in [0, 0.1) is 0 Å². The van der Waals surface area contributed by atoms with Gasteiger partial charge in [-0.2, -0.15) is 0 Å². The summed E-state index contributed by atoms with van der Waals surface area (Å²) in [7, 11) is 0. The molecule has 0 radical (unpaired) electrons. The van der Waals surface area contributed by atoms with Crippen molar-refractivity contribution in [1.29, 1.82) is 0 Å². The minimum Gasteiger partial charge on any atom is -0.349 e. The van der Waals surface area contributed by atoms with Gasteiger partial charge in [0.2, 0.25) is 12.0 Å². The number of hydrogen-bond acceptors (Lipinski definition) is 2. The minimum atomic E-state index is -0.274. The molecule has 0 unspecified atom stereocenters. The molecule has 1 heterocycles. The van der Waals surface area contributed by atoms with Crippen LogP contribution in [0.2, 0.25) is 0 Å². The first-order valence-electron chi connectivity index (χ1n) is 5.67. The number of pyridine rings is 1. The summed E-state index contributed by atoms with van der Waals surface area (Å²) in [5, 5.41) is 2.93. The van der Waals surface area contributed by atoms with Gasteiger partial charge in [0.05, 0.1) is 5.54 Å². The van der Waals surface area contributed by atoms with E-state index in [1.807, 2.05) is 0 Å². The average molecular weight is 220 g/mol. The normalized spacial score (nSPS) is 19.0. The van der Waals surface area contributed by atoms with Crippen LogP contribution >= 0.6 is 0 Å². The Balaban J connectivity index is 2.33. The van der Waals surface area contributed by atoms with E-state index in [2.05, 4.69) is 10.3 Å². The minimum absolute atomic E-state index is 0.110. The molecule has 1 aliphatic carbocycles. The molecule has 2 rings (SSSR count). The fraction of sp³-hybridized carbons (Fsp3) is 0.500. The third-order valence-electron chi connectivity index (χ3n) is 3.38. The Kier molecular flexibility index (Phi) is 3.08. The molecule has 1 aromatic heterocycles. The molecule has 1 amide bonds. The van der Waals surface area contributed by atoms with Crippen molar-refractivity contribution in [3.8, 4) is 0 Å². The summed E-state index contributed by atoms with van der Waals surface area (Å²) >= 11 is 0. The van der Waals surface area contributed by atoms with Crippen molar-refractivity contribution in [2.24, 2.45) is 0 Å². The number of H-pyrrole nitrogens is 1. The molecule has 4 nitrogen and oxygen atoms in total. The van der Waals surface area contributed by atoms with Crippen LogP contribution in [0.4, 0.5) is 0 Å². The van der Waals surface area contributed by atoms with Crippen LogP contribution in [-0.4, -0.2) is 11.4 Å². The number of hydrogen-bond donors (Lipinski definition) is 2. The van der Waals surface area contributed by atoms with Crippen molar-refractivity contribution in [3.63, 3.8) is 0 Å². The molecule has 1 aromatic rings. The number of carbonyl (C=O) groups excluding carboxylic acids is 1. The Morgan fingerprint density at radius 1 is 1.25 bits per heavy atom. The third kappa shape index (κ3) is 2.01. The van der Waals surface area contributed by atoms with Gasteiger partial charge < -0.3 is 10.3 Å². The maximum atomic E-state index is 11.0. The highest BCUT2D eigenvalue weighted by Gasteiger charge is 2.33. The standard InChI is InChI=1S/C12H16N2O2/c15-9-14-12(6-2-1-3-7-12)10-4-5-11(16)13-8-10/h4-5,8-9H,1-3,6-7H2,(H,13,16)(H,14,15). The van der Waals surface area contributed by atoms with E-state index in [1.165, 1.54) is 12.5 Å². The van der Waals surface area contributed by atoms with Crippen molar-refractivity contribution in [2.75, 3.05) is 0 Å². The van der Waals surface area contributed by atoms with Crippen molar-refractivity contribution >= 4 is 6.41 Å². The first-order chi connectivity index (χ1) is 7.77. The molecule has 0 atom stereocenters. The maximum Gasteiger partial charge on any atom is 0.247 e. The van der Waals surface area contributed by atoms with E-state index in [4.69, 9.17) is 0 Å². The zero-order valence-corrected chi connectivity index (χ0v) is 9.16. The van der Waals surface area contributed by atoms with E-state index in [9.17, 15) is 9.59 Å². The van der Waals surface area contributed by atoms with Crippen LogP contribution in [0.15, 0.2) is 23.1 Å². The van der Waals surface area contributed by atoms with Gasteiger partial charge in [0.15, 0.2) is 0 Å². The van der Waals surface area contributed by atoms with Gasteiger partial charge in [-0.15, -0.1) is 0 Å². The van der Waals surface area contributed by atoms with Crippen molar-refractivity contribution in [2.45, 2.75) is 37.6 Å². The lowest BCUT2D eigenvalue weighted by molar-refractivity contribution is -0.111. The lowest BCUT2D eigenvalue weighted by atomic mass is 9.77. The first-order valence-corrected chi connectivity index (χ1v) is 5.67. The maximum absolute atomic E-state index is 11.0. The number of amides is 1. The topological polar surface area (TPSA) is 62.0 Å². The number of aromatic nitrogens is 1. The quantitative estimate of drug-likeness (QED) is 0.754. The number of aromatic amines is 1. The Morgan fingerprint density at radius 3 is 2.56 bits per heavy atom. The molecule has 86 valence electrons. The Hall–Kier alpha value is -1.58. The van der Waals surface area contributed by atoms with Crippen molar-refractivity contribution in [1.82, 2.24) is 10.3 Å². The van der Waals surface area contributed by atoms with E-state index in [1.54, 1.807) is 12.3 Å². The number of nitrogens with one attached hydrogen (secondary N) is 2. The lowest BCUT2D eigenvalue weighted by Gasteiger charge is -2.37. The van der Waals surface area contributed by atoms with Crippen LogP contribution in [0.5, 0.6) is 0 Å². The Bertz CT molecular complexity index is 399. The molecular formula is C12H16N2O2. The molecule has 0 spiro atoms. The van der Waals surface area contributed by atoms with Crippen LogP contribution in [-0.2, 0) is 10.3 Å². The molecule has 0 bridgehead atoms. The number of rotatable bonds is 3. The Morgan fingerprint density at radius 2 is 2.00 bits per heavy atom. The zero-order valence-electron chi connectivity index (χ0n) is 9.16. The summed E-state index contributed by atoms with van der Waals surface area (Å²) in [6.45, 7) is 0. The van der Waals surface area contributed by atoms with Gasteiger partial charge >= 0.3 is 0 Å². The average Bonchev–Trinajstić information content (AvgIpc) is 2.31. The van der Waals surface area contributed by atoms with Crippen LogP contribution in [0.1, 0.15) is 37.7 Å². The second kappa shape index (κ2) is 4.51. The first kappa shape index (κ1) is 10.9. The lowest BCUT2D eigenvalue weighted by Crippen LogP contribution is -2.43. The van der Waals surface area contributed by atoms with Gasteiger partial charge in [-0.05, 0) is 24.5 Å². The van der Waals surface area contributed by atoms with Crippen molar-refractivity contribution in [3.05, 3.63) is 34.2 Å². The van der Waals surface area contributed by atoms with E-state index >= 15 is 0 Å². The van der Waals surface area contributed by atoms with E-state index in [0.29, 0.717) is 0 Å². The molecule has 0 aliphatic heterocycles. The largest absolute Gasteiger partial charge is 0.349 e. The molecule has 0 saturated heterocycles. The highest BCUT2D eigenvalue weighted by atomic mass is 16.1. The summed E-state index contributed by atoms with van der Waals surface area (Å²) in [6, 6.07) is 3.32. The highest BCUT2D eigenvalue weighted by Crippen LogP contribution is 2.36. The van der Waals surface area contributed by atoms with Crippen molar-refractivity contribution < 1.29 is 4.79 Å². The SMILES string of the molecule is O=CNC1(c2ccc(=O)[nH]c2)CCCCC1. The summed E-state index contributed by atoms with van der Waals surface area (Å²) in [5.41, 5.74) is 0.615. The van der Waals surface area contributed by atoms with Gasteiger partial charge in [0, 0.05) is 12.3 Å². The third-order valence-corrected chi connectivity index (χ3v) is 3.38. The predicted molar refractivity (Wildman–Crippen MR) is 61.0 cm³/mol. The van der Waals surface area contributed by atoms with Gasteiger partial charge in [0.1, 0.15) is 0 Å². The van der Waals surface area contributed by atoms with Crippen LogP contribution < -0.4 is 10.9 Å². The second-order valence-electron chi connectivity index (χ2n) is 4.35. The molecular weight excluding hydrogens is 204 g/mol. The summed E-state index contributed by atoms with van der Waals surface area (Å²) in [4.78, 5) is 24.4. The molecule has 1 saturated carbocycles. The number of carbonyl (C=O) groups is 1. The van der Waals surface area contributed by atoms with E-state index in [0.717, 1.165) is 37.7 Å². The second-order valence-corrected chi connectivity index (χ2v) is 4.35. The molecule has 1 fully saturated rings.